The average Bonchev–Trinajstić information content (AvgIpc) is 3.32. The Morgan fingerprint density at radius 2 is 1.90 bits per heavy atom. The van der Waals surface area contributed by atoms with Gasteiger partial charge in [-0.25, -0.2) is 4.79 Å². The van der Waals surface area contributed by atoms with Crippen molar-refractivity contribution in [2.24, 2.45) is 5.73 Å². The number of carboxylic acid groups (broad SMARTS) is 1. The third kappa shape index (κ3) is 5.16. The summed E-state index contributed by atoms with van der Waals surface area (Å²) in [6.07, 6.45) is 3.96. The number of ether oxygens (including phenoxy) is 2. The Morgan fingerprint density at radius 1 is 1.10 bits per heavy atom. The van der Waals surface area contributed by atoms with Gasteiger partial charge in [-0.2, -0.15) is 0 Å². The highest BCUT2D eigenvalue weighted by Crippen LogP contribution is 2.46. The van der Waals surface area contributed by atoms with Crippen LogP contribution in [0.25, 0.3) is 21.7 Å². The fourth-order valence-corrected chi connectivity index (χ4v) is 5.09. The number of aromatic hydroxyl groups is 1. The first-order valence-electron chi connectivity index (χ1n) is 13.0. The molecular weight excluding hydrogens is 510 g/mol. The summed E-state index contributed by atoms with van der Waals surface area (Å²) in [6.45, 7) is 2.81. The van der Waals surface area contributed by atoms with Gasteiger partial charge in [0.1, 0.15) is 34.2 Å². The van der Waals surface area contributed by atoms with E-state index in [-0.39, 0.29) is 17.1 Å². The van der Waals surface area contributed by atoms with E-state index < -0.39 is 12.0 Å². The zero-order chi connectivity index (χ0) is 28.2. The summed E-state index contributed by atoms with van der Waals surface area (Å²) in [4.78, 5) is 16.5. The van der Waals surface area contributed by atoms with Crippen LogP contribution < -0.4 is 20.5 Å². The molecule has 2 heterocycles. The number of methoxy groups -OCH3 is 1. The Morgan fingerprint density at radius 3 is 2.62 bits per heavy atom. The predicted molar refractivity (Wildman–Crippen MR) is 152 cm³/mol. The van der Waals surface area contributed by atoms with E-state index in [1.807, 2.05) is 36.4 Å². The second kappa shape index (κ2) is 11.6. The molecule has 0 fully saturated rings. The molecule has 0 bridgehead atoms. The number of aromatic carboxylic acids is 1. The zero-order valence-electron chi connectivity index (χ0n) is 22.3. The van der Waals surface area contributed by atoms with Gasteiger partial charge in [-0.15, -0.1) is 0 Å². The number of carbonyl (C=O) groups is 1. The summed E-state index contributed by atoms with van der Waals surface area (Å²) in [6, 6.07) is 16.2. The molecule has 0 aliphatic rings. The van der Waals surface area contributed by atoms with Crippen molar-refractivity contribution in [3.8, 4) is 17.2 Å². The highest BCUT2D eigenvalue weighted by Gasteiger charge is 2.30. The summed E-state index contributed by atoms with van der Waals surface area (Å²) in [5.74, 6) is 0.411. The molecule has 1 atom stereocenters. The number of nitrogens with one attached hydrogen (secondary N) is 1. The third-order valence-electron chi connectivity index (χ3n) is 6.93. The van der Waals surface area contributed by atoms with Crippen molar-refractivity contribution >= 4 is 27.7 Å². The molecule has 0 aliphatic carbocycles. The quantitative estimate of drug-likeness (QED) is 0.183. The van der Waals surface area contributed by atoms with Crippen LogP contribution in [0.15, 0.2) is 71.4 Å². The highest BCUT2D eigenvalue weighted by atomic mass is 16.5. The maximum absolute atomic E-state index is 12.4. The van der Waals surface area contributed by atoms with Crippen molar-refractivity contribution < 1.29 is 28.9 Å². The third-order valence-corrected chi connectivity index (χ3v) is 6.93. The number of aryl methyl sites for hydroxylation is 1. The maximum atomic E-state index is 12.4. The molecule has 0 amide bonds. The van der Waals surface area contributed by atoms with Crippen LogP contribution in [0.4, 0.5) is 0 Å². The lowest BCUT2D eigenvalue weighted by Gasteiger charge is -2.23. The van der Waals surface area contributed by atoms with Crippen molar-refractivity contribution in [2.45, 2.75) is 19.4 Å². The van der Waals surface area contributed by atoms with Crippen LogP contribution in [0.5, 0.6) is 17.2 Å². The molecule has 0 saturated heterocycles. The Bertz CT molecular complexity index is 1670. The van der Waals surface area contributed by atoms with Crippen molar-refractivity contribution in [3.05, 3.63) is 95.0 Å². The standard InChI is InChI=1S/C31H31N3O6/c1-18-25(31(36)37)26-27(28(34-14-11-32)20-8-12-33-13-9-20)29(35)23-7-6-22(17-24(23)30(26)40-18)39-15-10-19-4-3-5-21(16-19)38-2/h3-9,12-13,16-17,28,34-35H,10-11,14-15,32H2,1-2H3,(H,36,37). The van der Waals surface area contributed by atoms with E-state index in [1.165, 1.54) is 0 Å². The van der Waals surface area contributed by atoms with Crippen LogP contribution >= 0.6 is 0 Å². The smallest absolute Gasteiger partial charge is 0.339 e. The fraction of sp³-hybridized carbons (Fsp3) is 0.226. The number of hydrogen-bond donors (Lipinski definition) is 4. The largest absolute Gasteiger partial charge is 0.507 e. The van der Waals surface area contributed by atoms with E-state index in [9.17, 15) is 15.0 Å². The molecule has 9 heteroatoms. The lowest BCUT2D eigenvalue weighted by Crippen LogP contribution is -2.28. The number of phenols is 1. The summed E-state index contributed by atoms with van der Waals surface area (Å²) >= 11 is 0. The van der Waals surface area contributed by atoms with Gasteiger partial charge in [-0.3, -0.25) is 4.98 Å². The molecule has 5 rings (SSSR count). The SMILES string of the molecule is COc1cccc(CCOc2ccc3c(O)c(C(NCCN)c4ccncc4)c4c(C(=O)O)c(C)oc4c3c2)c1. The molecule has 0 aliphatic heterocycles. The number of fused-ring (bicyclic) bond motifs is 3. The molecule has 0 radical (unpaired) electrons. The van der Waals surface area contributed by atoms with Crippen LogP contribution in [0, 0.1) is 6.92 Å². The topological polar surface area (TPSA) is 140 Å². The monoisotopic (exact) mass is 541 g/mol. The number of pyridine rings is 1. The Labute approximate surface area is 231 Å². The number of nitrogens with two attached hydrogens (primary N) is 1. The molecule has 1 unspecified atom stereocenters. The number of aromatic nitrogens is 1. The molecule has 0 saturated carbocycles. The number of nitrogens with zero attached hydrogens (tertiary/aromatic N) is 1. The minimum Gasteiger partial charge on any atom is -0.507 e. The first-order valence-corrected chi connectivity index (χ1v) is 13.0. The lowest BCUT2D eigenvalue weighted by atomic mass is 9.90. The fourth-order valence-electron chi connectivity index (χ4n) is 5.09. The van der Waals surface area contributed by atoms with Crippen molar-refractivity contribution in [1.29, 1.82) is 0 Å². The number of benzene rings is 3. The second-order valence-corrected chi connectivity index (χ2v) is 9.42. The zero-order valence-corrected chi connectivity index (χ0v) is 22.3. The van der Waals surface area contributed by atoms with Gasteiger partial charge in [0.25, 0.3) is 0 Å². The van der Waals surface area contributed by atoms with E-state index in [1.54, 1.807) is 44.6 Å². The molecule has 3 aromatic carbocycles. The predicted octanol–water partition coefficient (Wildman–Crippen LogP) is 4.96. The summed E-state index contributed by atoms with van der Waals surface area (Å²) in [5.41, 5.74) is 8.44. The minimum absolute atomic E-state index is 0.000140. The van der Waals surface area contributed by atoms with E-state index in [2.05, 4.69) is 10.3 Å². The van der Waals surface area contributed by atoms with Crippen LogP contribution in [-0.4, -0.2) is 48.0 Å². The van der Waals surface area contributed by atoms with Crippen LogP contribution in [0.2, 0.25) is 0 Å². The van der Waals surface area contributed by atoms with Gasteiger partial charge in [-0.05, 0) is 60.5 Å². The van der Waals surface area contributed by atoms with Crippen LogP contribution in [-0.2, 0) is 6.42 Å². The van der Waals surface area contributed by atoms with E-state index in [0.29, 0.717) is 59.2 Å². The number of hydrogen-bond acceptors (Lipinski definition) is 8. The highest BCUT2D eigenvalue weighted by molar-refractivity contribution is 6.16. The molecule has 9 nitrogen and oxygen atoms in total. The number of furan rings is 1. The first kappa shape index (κ1) is 27.0. The molecule has 5 aromatic rings. The molecule has 5 N–H and O–H groups in total. The summed E-state index contributed by atoms with van der Waals surface area (Å²) in [5, 5.41) is 26.6. The average molecular weight is 542 g/mol. The minimum atomic E-state index is -1.14. The summed E-state index contributed by atoms with van der Waals surface area (Å²) in [7, 11) is 1.63. The van der Waals surface area contributed by atoms with Gasteiger partial charge in [0.15, 0.2) is 0 Å². The van der Waals surface area contributed by atoms with Gasteiger partial charge in [0.05, 0.1) is 19.8 Å². The van der Waals surface area contributed by atoms with Gasteiger partial charge < -0.3 is 35.2 Å². The van der Waals surface area contributed by atoms with Gasteiger partial charge in [0, 0.05) is 53.6 Å². The van der Waals surface area contributed by atoms with Crippen molar-refractivity contribution in [2.75, 3.05) is 26.8 Å². The first-order chi connectivity index (χ1) is 19.4. The van der Waals surface area contributed by atoms with E-state index >= 15 is 0 Å². The molecule has 40 heavy (non-hydrogen) atoms. The maximum Gasteiger partial charge on any atom is 0.339 e. The molecule has 206 valence electrons. The molecule has 2 aromatic heterocycles. The Kier molecular flexibility index (Phi) is 7.86. The van der Waals surface area contributed by atoms with E-state index in [0.717, 1.165) is 16.9 Å². The number of phenolic OH excluding ortho intramolecular Hbond substituents is 1. The summed E-state index contributed by atoms with van der Waals surface area (Å²) < 4.78 is 17.4. The molecular formula is C31H31N3O6. The van der Waals surface area contributed by atoms with Gasteiger partial charge in [-0.1, -0.05) is 12.1 Å². The molecule has 0 spiro atoms. The number of rotatable bonds is 11. The lowest BCUT2D eigenvalue weighted by molar-refractivity contribution is 0.0697. The van der Waals surface area contributed by atoms with Crippen molar-refractivity contribution in [1.82, 2.24) is 10.3 Å². The van der Waals surface area contributed by atoms with Crippen LogP contribution in [0.3, 0.4) is 0 Å². The van der Waals surface area contributed by atoms with Gasteiger partial charge >= 0.3 is 5.97 Å². The van der Waals surface area contributed by atoms with E-state index in [4.69, 9.17) is 19.6 Å². The Balaban J connectivity index is 1.62. The number of carboxylic acids is 1. The normalized spacial score (nSPS) is 12.1. The van der Waals surface area contributed by atoms with Crippen molar-refractivity contribution in [3.63, 3.8) is 0 Å². The second-order valence-electron chi connectivity index (χ2n) is 9.42. The van der Waals surface area contributed by atoms with Gasteiger partial charge in [0.2, 0.25) is 0 Å². The Hall–Kier alpha value is -4.60. The van der Waals surface area contributed by atoms with Crippen LogP contribution in [0.1, 0.15) is 38.9 Å².